The van der Waals surface area contributed by atoms with Gasteiger partial charge in [0, 0.05) is 11.3 Å². The minimum Gasteiger partial charge on any atom is -0.493 e. The van der Waals surface area contributed by atoms with Crippen LogP contribution in [0.15, 0.2) is 24.3 Å². The molecule has 4 heteroatoms. The molecule has 0 saturated carbocycles. The molecule has 0 aliphatic carbocycles. The topological polar surface area (TPSA) is 38.7 Å². The van der Waals surface area contributed by atoms with E-state index in [0.29, 0.717) is 11.9 Å². The summed E-state index contributed by atoms with van der Waals surface area (Å²) in [5.41, 5.74) is 0.886. The SMILES string of the molecule is OCC#Cc1ccc(OCCSC2COC2)cc1. The highest BCUT2D eigenvalue weighted by Gasteiger charge is 2.17. The monoisotopic (exact) mass is 264 g/mol. The number of aliphatic hydroxyl groups excluding tert-OH is 1. The minimum absolute atomic E-state index is 0.111. The molecule has 3 nitrogen and oxygen atoms in total. The van der Waals surface area contributed by atoms with Crippen molar-refractivity contribution in [3.05, 3.63) is 29.8 Å². The zero-order chi connectivity index (χ0) is 12.6. The van der Waals surface area contributed by atoms with Crippen LogP contribution in [0.5, 0.6) is 5.75 Å². The van der Waals surface area contributed by atoms with E-state index in [4.69, 9.17) is 14.6 Å². The van der Waals surface area contributed by atoms with Crippen LogP contribution in [0.2, 0.25) is 0 Å². The molecule has 0 radical (unpaired) electrons. The molecule has 0 atom stereocenters. The van der Waals surface area contributed by atoms with Gasteiger partial charge < -0.3 is 14.6 Å². The Kier molecular flexibility index (Phi) is 5.40. The van der Waals surface area contributed by atoms with Crippen molar-refractivity contribution in [2.24, 2.45) is 0 Å². The van der Waals surface area contributed by atoms with E-state index in [1.165, 1.54) is 0 Å². The normalized spacial score (nSPS) is 14.5. The van der Waals surface area contributed by atoms with Crippen LogP contribution in [0.4, 0.5) is 0 Å². The van der Waals surface area contributed by atoms with Gasteiger partial charge in [0.2, 0.25) is 0 Å². The Hall–Kier alpha value is -1.15. The van der Waals surface area contributed by atoms with Crippen molar-refractivity contribution in [3.8, 4) is 17.6 Å². The molecule has 1 aromatic carbocycles. The molecule has 2 rings (SSSR count). The molecular formula is C14H16O3S. The molecule has 1 fully saturated rings. The van der Waals surface area contributed by atoms with Crippen LogP contribution in [0.3, 0.4) is 0 Å². The third kappa shape index (κ3) is 4.26. The van der Waals surface area contributed by atoms with Crippen molar-refractivity contribution in [1.82, 2.24) is 0 Å². The van der Waals surface area contributed by atoms with Crippen molar-refractivity contribution < 1.29 is 14.6 Å². The van der Waals surface area contributed by atoms with Gasteiger partial charge in [-0.15, -0.1) is 0 Å². The van der Waals surface area contributed by atoms with Crippen molar-refractivity contribution >= 4 is 11.8 Å². The first-order valence-corrected chi connectivity index (χ1v) is 6.95. The zero-order valence-electron chi connectivity index (χ0n) is 10.1. The molecule has 96 valence electrons. The molecule has 1 aromatic rings. The first kappa shape index (κ1) is 13.3. The van der Waals surface area contributed by atoms with Gasteiger partial charge in [-0.1, -0.05) is 11.8 Å². The maximum absolute atomic E-state index is 8.59. The van der Waals surface area contributed by atoms with Crippen LogP contribution in [-0.2, 0) is 4.74 Å². The van der Waals surface area contributed by atoms with E-state index in [1.54, 1.807) is 0 Å². The van der Waals surface area contributed by atoms with Gasteiger partial charge in [0.25, 0.3) is 0 Å². The second-order valence-electron chi connectivity index (χ2n) is 3.86. The summed E-state index contributed by atoms with van der Waals surface area (Å²) < 4.78 is 10.7. The fraction of sp³-hybridized carbons (Fsp3) is 0.429. The Morgan fingerprint density at radius 2 is 2.11 bits per heavy atom. The number of ether oxygens (including phenoxy) is 2. The van der Waals surface area contributed by atoms with E-state index >= 15 is 0 Å². The number of hydrogen-bond acceptors (Lipinski definition) is 4. The zero-order valence-corrected chi connectivity index (χ0v) is 10.9. The lowest BCUT2D eigenvalue weighted by molar-refractivity contribution is 0.0454. The summed E-state index contributed by atoms with van der Waals surface area (Å²) in [5.74, 6) is 7.30. The van der Waals surface area contributed by atoms with Gasteiger partial charge in [0.15, 0.2) is 0 Å². The lowest BCUT2D eigenvalue weighted by Gasteiger charge is -2.25. The van der Waals surface area contributed by atoms with Crippen molar-refractivity contribution in [2.75, 3.05) is 32.2 Å². The van der Waals surface area contributed by atoms with Gasteiger partial charge in [-0.05, 0) is 24.3 Å². The Balaban J connectivity index is 1.68. The Labute approximate surface area is 111 Å². The van der Waals surface area contributed by atoms with Crippen LogP contribution in [0.25, 0.3) is 0 Å². The van der Waals surface area contributed by atoms with Gasteiger partial charge in [0.05, 0.1) is 25.1 Å². The van der Waals surface area contributed by atoms with Crippen molar-refractivity contribution in [2.45, 2.75) is 5.25 Å². The molecule has 1 N–H and O–H groups in total. The molecule has 1 saturated heterocycles. The predicted molar refractivity (Wildman–Crippen MR) is 73.0 cm³/mol. The van der Waals surface area contributed by atoms with E-state index < -0.39 is 0 Å². The second-order valence-corrected chi connectivity index (χ2v) is 5.27. The molecule has 0 amide bonds. The summed E-state index contributed by atoms with van der Waals surface area (Å²) in [6.45, 7) is 2.36. The van der Waals surface area contributed by atoms with Gasteiger partial charge in [-0.3, -0.25) is 0 Å². The quantitative estimate of drug-likeness (QED) is 0.647. The van der Waals surface area contributed by atoms with Crippen molar-refractivity contribution in [3.63, 3.8) is 0 Å². The summed E-state index contributed by atoms with van der Waals surface area (Å²) in [5, 5.41) is 9.24. The molecule has 18 heavy (non-hydrogen) atoms. The van der Waals surface area contributed by atoms with Gasteiger partial charge in [-0.25, -0.2) is 0 Å². The van der Waals surface area contributed by atoms with E-state index in [1.807, 2.05) is 36.0 Å². The maximum Gasteiger partial charge on any atom is 0.119 e. The third-order valence-electron chi connectivity index (χ3n) is 2.48. The molecule has 0 aromatic heterocycles. The second kappa shape index (κ2) is 7.32. The first-order valence-electron chi connectivity index (χ1n) is 5.90. The summed E-state index contributed by atoms with van der Waals surface area (Å²) in [7, 11) is 0. The molecule has 0 bridgehead atoms. The number of aliphatic hydroxyl groups is 1. The highest BCUT2D eigenvalue weighted by Crippen LogP contribution is 2.19. The molecular weight excluding hydrogens is 248 g/mol. The Bertz CT molecular complexity index is 415. The van der Waals surface area contributed by atoms with Gasteiger partial charge in [-0.2, -0.15) is 11.8 Å². The minimum atomic E-state index is -0.111. The smallest absolute Gasteiger partial charge is 0.119 e. The molecule has 1 aliphatic heterocycles. The van der Waals surface area contributed by atoms with Gasteiger partial charge >= 0.3 is 0 Å². The van der Waals surface area contributed by atoms with Crippen LogP contribution in [0, 0.1) is 11.8 Å². The van der Waals surface area contributed by atoms with E-state index in [2.05, 4.69) is 11.8 Å². The largest absolute Gasteiger partial charge is 0.493 e. The first-order chi connectivity index (χ1) is 8.88. The average Bonchev–Trinajstić information content (AvgIpc) is 2.35. The fourth-order valence-corrected chi connectivity index (χ4v) is 2.36. The summed E-state index contributed by atoms with van der Waals surface area (Å²) in [6.07, 6.45) is 0. The van der Waals surface area contributed by atoms with E-state index in [9.17, 15) is 0 Å². The molecule has 0 unspecified atom stereocenters. The van der Waals surface area contributed by atoms with E-state index in [-0.39, 0.29) is 6.61 Å². The summed E-state index contributed by atoms with van der Waals surface area (Å²) in [4.78, 5) is 0. The van der Waals surface area contributed by atoms with Crippen molar-refractivity contribution in [1.29, 1.82) is 0 Å². The Morgan fingerprint density at radius 3 is 2.72 bits per heavy atom. The van der Waals surface area contributed by atoms with Crippen LogP contribution >= 0.6 is 11.8 Å². The summed E-state index contributed by atoms with van der Waals surface area (Å²) >= 11 is 1.90. The highest BCUT2D eigenvalue weighted by atomic mass is 32.2. The van der Waals surface area contributed by atoms with Crippen LogP contribution in [0.1, 0.15) is 5.56 Å². The van der Waals surface area contributed by atoms with Crippen LogP contribution in [-0.4, -0.2) is 42.5 Å². The number of hydrogen-bond donors (Lipinski definition) is 1. The standard InChI is InChI=1S/C14H16O3S/c15-7-1-2-12-3-5-13(6-4-12)17-8-9-18-14-10-16-11-14/h3-6,14-15H,7-11H2. The number of rotatable bonds is 5. The molecule has 0 spiro atoms. The predicted octanol–water partition coefficient (Wildman–Crippen LogP) is 1.54. The number of thioether (sulfide) groups is 1. The van der Waals surface area contributed by atoms with Gasteiger partial charge in [0.1, 0.15) is 12.4 Å². The third-order valence-corrected chi connectivity index (χ3v) is 3.63. The summed E-state index contributed by atoms with van der Waals surface area (Å²) in [6, 6.07) is 7.59. The Morgan fingerprint density at radius 1 is 1.33 bits per heavy atom. The number of benzene rings is 1. The van der Waals surface area contributed by atoms with E-state index in [0.717, 1.165) is 30.3 Å². The molecule has 1 heterocycles. The van der Waals surface area contributed by atoms with Crippen LogP contribution < -0.4 is 4.74 Å². The average molecular weight is 264 g/mol. The fourth-order valence-electron chi connectivity index (χ4n) is 1.46. The lowest BCUT2D eigenvalue weighted by Crippen LogP contribution is -2.31. The maximum atomic E-state index is 8.59. The highest BCUT2D eigenvalue weighted by molar-refractivity contribution is 8.00. The lowest BCUT2D eigenvalue weighted by atomic mass is 10.2. The molecule has 1 aliphatic rings.